The van der Waals surface area contributed by atoms with Crippen molar-refractivity contribution in [1.82, 2.24) is 0 Å². The average Bonchev–Trinajstić information content (AvgIpc) is 2.19. The predicted molar refractivity (Wildman–Crippen MR) is 79.5 cm³/mol. The van der Waals surface area contributed by atoms with Crippen molar-refractivity contribution in [3.8, 4) is 0 Å². The van der Waals surface area contributed by atoms with Crippen molar-refractivity contribution in [2.75, 3.05) is 0 Å². The minimum atomic E-state index is -1.08. The van der Waals surface area contributed by atoms with Crippen molar-refractivity contribution in [3.63, 3.8) is 0 Å². The van der Waals surface area contributed by atoms with E-state index < -0.39 is 8.07 Å². The van der Waals surface area contributed by atoms with Crippen molar-refractivity contribution >= 4 is 8.07 Å². The summed E-state index contributed by atoms with van der Waals surface area (Å²) < 4.78 is 0. The lowest BCUT2D eigenvalue weighted by Crippen LogP contribution is -2.18. The Morgan fingerprint density at radius 2 is 1.81 bits per heavy atom. The molecule has 0 aromatic rings. The fourth-order valence-electron chi connectivity index (χ4n) is 1.89. The Labute approximate surface area is 104 Å². The van der Waals surface area contributed by atoms with Gasteiger partial charge in [0.2, 0.25) is 0 Å². The Balaban J connectivity index is 4.34. The van der Waals surface area contributed by atoms with Crippen LogP contribution in [-0.4, -0.2) is 8.07 Å². The van der Waals surface area contributed by atoms with Crippen molar-refractivity contribution in [2.45, 2.75) is 65.6 Å². The number of rotatable bonds is 8. The number of allylic oxidation sites excluding steroid dienone is 2. The zero-order valence-electron chi connectivity index (χ0n) is 12.0. The summed E-state index contributed by atoms with van der Waals surface area (Å²) in [7, 11) is -1.08. The minimum absolute atomic E-state index is 0.563. The van der Waals surface area contributed by atoms with Crippen molar-refractivity contribution < 1.29 is 0 Å². The largest absolute Gasteiger partial charge is 0.102 e. The molecule has 0 saturated heterocycles. The molecule has 0 rings (SSSR count). The van der Waals surface area contributed by atoms with E-state index >= 15 is 0 Å². The molecule has 1 unspecified atom stereocenters. The Kier molecular flexibility index (Phi) is 7.74. The van der Waals surface area contributed by atoms with Crippen LogP contribution in [0, 0.1) is 5.92 Å². The monoisotopic (exact) mass is 238 g/mol. The summed E-state index contributed by atoms with van der Waals surface area (Å²) in [6.45, 7) is 15.7. The fourth-order valence-corrected chi connectivity index (χ4v) is 3.41. The van der Waals surface area contributed by atoms with Gasteiger partial charge in [-0.1, -0.05) is 70.1 Å². The average molecular weight is 238 g/mol. The van der Waals surface area contributed by atoms with E-state index in [1.165, 1.54) is 32.1 Å². The molecule has 16 heavy (non-hydrogen) atoms. The van der Waals surface area contributed by atoms with Gasteiger partial charge in [0.1, 0.15) is 0 Å². The standard InChI is InChI=1S/C15H30Si/c1-7-9-10-11-12-15(14(3)8-2)13-16(4,5)6/h8,13-14H,2,7,9-12H2,1,3-6H3. The zero-order chi connectivity index (χ0) is 12.6. The van der Waals surface area contributed by atoms with Crippen LogP contribution in [0.2, 0.25) is 19.6 Å². The lowest BCUT2D eigenvalue weighted by molar-refractivity contribution is 0.641. The Bertz CT molecular complexity index is 220. The van der Waals surface area contributed by atoms with E-state index in [-0.39, 0.29) is 0 Å². The lowest BCUT2D eigenvalue weighted by Gasteiger charge is -2.18. The van der Waals surface area contributed by atoms with Crippen molar-refractivity contribution in [3.05, 3.63) is 23.9 Å². The summed E-state index contributed by atoms with van der Waals surface area (Å²) in [5, 5.41) is 0. The van der Waals surface area contributed by atoms with Crippen LogP contribution in [0.15, 0.2) is 23.9 Å². The quantitative estimate of drug-likeness (QED) is 0.294. The van der Waals surface area contributed by atoms with Gasteiger partial charge in [-0.3, -0.25) is 0 Å². The van der Waals surface area contributed by atoms with Crippen LogP contribution in [0.1, 0.15) is 46.0 Å². The normalized spacial score (nSPS) is 14.9. The van der Waals surface area contributed by atoms with Crippen LogP contribution >= 0.6 is 0 Å². The van der Waals surface area contributed by atoms with Gasteiger partial charge < -0.3 is 0 Å². The summed E-state index contributed by atoms with van der Waals surface area (Å²) in [6.07, 6.45) is 8.79. The van der Waals surface area contributed by atoms with E-state index in [2.05, 4.69) is 51.8 Å². The van der Waals surface area contributed by atoms with E-state index in [9.17, 15) is 0 Å². The maximum Gasteiger partial charge on any atom is 0.0686 e. The van der Waals surface area contributed by atoms with E-state index in [4.69, 9.17) is 0 Å². The molecule has 0 radical (unpaired) electrons. The molecule has 0 aliphatic heterocycles. The third-order valence-corrected chi connectivity index (χ3v) is 4.11. The molecule has 0 saturated carbocycles. The van der Waals surface area contributed by atoms with Gasteiger partial charge in [0.15, 0.2) is 0 Å². The zero-order valence-corrected chi connectivity index (χ0v) is 13.0. The molecule has 0 spiro atoms. The first-order chi connectivity index (χ1) is 7.40. The molecular formula is C15H30Si. The van der Waals surface area contributed by atoms with Gasteiger partial charge in [-0.2, -0.15) is 0 Å². The smallest absolute Gasteiger partial charge is 0.0686 e. The lowest BCUT2D eigenvalue weighted by atomic mass is 9.97. The molecule has 0 aliphatic rings. The van der Waals surface area contributed by atoms with Crippen LogP contribution in [-0.2, 0) is 0 Å². The van der Waals surface area contributed by atoms with E-state index in [1.54, 1.807) is 5.57 Å². The number of hydrogen-bond acceptors (Lipinski definition) is 0. The van der Waals surface area contributed by atoms with E-state index in [1.807, 2.05) is 0 Å². The molecule has 0 heterocycles. The highest BCUT2D eigenvalue weighted by molar-refractivity contribution is 6.81. The molecule has 0 aliphatic carbocycles. The van der Waals surface area contributed by atoms with Gasteiger partial charge in [-0.05, 0) is 18.8 Å². The summed E-state index contributed by atoms with van der Waals surface area (Å²) in [6, 6.07) is 0. The molecule has 1 atom stereocenters. The highest BCUT2D eigenvalue weighted by Gasteiger charge is 2.13. The first-order valence-electron chi connectivity index (χ1n) is 6.75. The van der Waals surface area contributed by atoms with E-state index in [0.29, 0.717) is 5.92 Å². The molecule has 0 aromatic heterocycles. The van der Waals surface area contributed by atoms with Crippen molar-refractivity contribution in [1.29, 1.82) is 0 Å². The second kappa shape index (κ2) is 7.89. The summed E-state index contributed by atoms with van der Waals surface area (Å²) in [5.41, 5.74) is 4.20. The molecule has 94 valence electrons. The molecule has 0 N–H and O–H groups in total. The number of hydrogen-bond donors (Lipinski definition) is 0. The van der Waals surface area contributed by atoms with Crippen LogP contribution in [0.25, 0.3) is 0 Å². The molecule has 0 fully saturated rings. The van der Waals surface area contributed by atoms with Crippen LogP contribution in [0.5, 0.6) is 0 Å². The highest BCUT2D eigenvalue weighted by Crippen LogP contribution is 2.22. The Hall–Kier alpha value is -0.303. The second-order valence-corrected chi connectivity index (χ2v) is 10.9. The first kappa shape index (κ1) is 15.7. The fraction of sp³-hybridized carbons (Fsp3) is 0.733. The minimum Gasteiger partial charge on any atom is -0.102 e. The predicted octanol–water partition coefficient (Wildman–Crippen LogP) is 5.58. The first-order valence-corrected chi connectivity index (χ1v) is 10.3. The Morgan fingerprint density at radius 3 is 2.25 bits per heavy atom. The molecular weight excluding hydrogens is 208 g/mol. The van der Waals surface area contributed by atoms with Gasteiger partial charge >= 0.3 is 0 Å². The molecule has 0 amide bonds. The third-order valence-electron chi connectivity index (χ3n) is 2.88. The molecule has 1 heteroatoms. The van der Waals surface area contributed by atoms with Gasteiger partial charge in [0.25, 0.3) is 0 Å². The summed E-state index contributed by atoms with van der Waals surface area (Å²) in [5.74, 6) is 0.563. The van der Waals surface area contributed by atoms with Crippen LogP contribution in [0.3, 0.4) is 0 Å². The van der Waals surface area contributed by atoms with Gasteiger partial charge in [-0.25, -0.2) is 0 Å². The van der Waals surface area contributed by atoms with Gasteiger partial charge in [0, 0.05) is 0 Å². The summed E-state index contributed by atoms with van der Waals surface area (Å²) in [4.78, 5) is 0. The molecule has 0 aromatic carbocycles. The van der Waals surface area contributed by atoms with Gasteiger partial charge in [-0.15, -0.1) is 6.58 Å². The number of unbranched alkanes of at least 4 members (excludes halogenated alkanes) is 3. The molecule has 0 bridgehead atoms. The van der Waals surface area contributed by atoms with E-state index in [0.717, 1.165) is 0 Å². The van der Waals surface area contributed by atoms with Gasteiger partial charge in [0.05, 0.1) is 8.07 Å². The van der Waals surface area contributed by atoms with Crippen LogP contribution in [0.4, 0.5) is 0 Å². The molecule has 0 nitrogen and oxygen atoms in total. The third kappa shape index (κ3) is 7.92. The maximum absolute atomic E-state index is 3.93. The second-order valence-electron chi connectivity index (χ2n) is 5.92. The van der Waals surface area contributed by atoms with Crippen molar-refractivity contribution in [2.24, 2.45) is 5.92 Å². The summed E-state index contributed by atoms with van der Waals surface area (Å²) >= 11 is 0. The Morgan fingerprint density at radius 1 is 1.19 bits per heavy atom. The topological polar surface area (TPSA) is 0 Å². The van der Waals surface area contributed by atoms with Crippen LogP contribution < -0.4 is 0 Å². The highest BCUT2D eigenvalue weighted by atomic mass is 28.3. The maximum atomic E-state index is 3.93. The SMILES string of the molecule is C=CC(C)C(=C[Si](C)(C)C)CCCCCC.